The smallest absolute Gasteiger partial charge is 0.317 e. The molecule has 1 aliphatic carbocycles. The highest BCUT2D eigenvalue weighted by molar-refractivity contribution is 7.99. The summed E-state index contributed by atoms with van der Waals surface area (Å²) in [7, 11) is 0. The van der Waals surface area contributed by atoms with E-state index in [0.29, 0.717) is 6.42 Å². The van der Waals surface area contributed by atoms with Gasteiger partial charge in [0, 0.05) is 24.9 Å². The number of hydrogen-bond acceptors (Lipinski definition) is 3. The van der Waals surface area contributed by atoms with Gasteiger partial charge in [-0.1, -0.05) is 12.8 Å². The van der Waals surface area contributed by atoms with Crippen molar-refractivity contribution in [2.24, 2.45) is 5.92 Å². The molecule has 2 amide bonds. The summed E-state index contributed by atoms with van der Waals surface area (Å²) in [6, 6.07) is -0.282. The molecule has 1 heterocycles. The van der Waals surface area contributed by atoms with Gasteiger partial charge in [-0.15, -0.1) is 0 Å². The number of carbonyl (C=O) groups is 2. The average molecular weight is 286 g/mol. The second kappa shape index (κ2) is 7.03. The Balaban J connectivity index is 1.90. The van der Waals surface area contributed by atoms with E-state index in [9.17, 15) is 14.7 Å². The second-order valence-corrected chi connectivity index (χ2v) is 6.46. The van der Waals surface area contributed by atoms with Gasteiger partial charge in [-0.05, 0) is 25.0 Å². The minimum atomic E-state index is -0.781. The highest BCUT2D eigenvalue weighted by atomic mass is 32.2. The van der Waals surface area contributed by atoms with Gasteiger partial charge in [0.15, 0.2) is 0 Å². The molecule has 1 aliphatic heterocycles. The van der Waals surface area contributed by atoms with E-state index in [-0.39, 0.29) is 12.1 Å². The molecule has 0 aromatic heterocycles. The van der Waals surface area contributed by atoms with Crippen LogP contribution in [-0.2, 0) is 4.79 Å². The summed E-state index contributed by atoms with van der Waals surface area (Å²) >= 11 is 1.87. The summed E-state index contributed by atoms with van der Waals surface area (Å²) in [6.07, 6.45) is 4.43. The lowest BCUT2D eigenvalue weighted by Gasteiger charge is -2.31. The molecule has 6 heteroatoms. The zero-order chi connectivity index (χ0) is 13.7. The van der Waals surface area contributed by atoms with E-state index in [1.54, 1.807) is 0 Å². The third kappa shape index (κ3) is 4.03. The van der Waals surface area contributed by atoms with Gasteiger partial charge in [0.25, 0.3) is 0 Å². The lowest BCUT2D eigenvalue weighted by atomic mass is 9.84. The monoisotopic (exact) mass is 286 g/mol. The van der Waals surface area contributed by atoms with Crippen molar-refractivity contribution in [1.29, 1.82) is 0 Å². The van der Waals surface area contributed by atoms with Crippen LogP contribution in [0.4, 0.5) is 4.79 Å². The summed E-state index contributed by atoms with van der Waals surface area (Å²) in [5, 5.41) is 12.2. The number of aliphatic carboxylic acids is 1. The number of nitrogens with one attached hydrogen (secondary N) is 1. The predicted octanol–water partition coefficient (Wildman–Crippen LogP) is 1.78. The second-order valence-electron chi connectivity index (χ2n) is 5.24. The van der Waals surface area contributed by atoms with Crippen LogP contribution in [-0.4, -0.2) is 52.6 Å². The van der Waals surface area contributed by atoms with Gasteiger partial charge in [0.1, 0.15) is 0 Å². The molecule has 0 radical (unpaired) electrons. The van der Waals surface area contributed by atoms with Crippen molar-refractivity contribution in [3.63, 3.8) is 0 Å². The Bertz CT molecular complexity index is 330. The molecule has 2 rings (SSSR count). The molecule has 2 aliphatic rings. The Labute approximate surface area is 118 Å². The zero-order valence-electron chi connectivity index (χ0n) is 11.1. The van der Waals surface area contributed by atoms with E-state index in [2.05, 4.69) is 5.32 Å². The van der Waals surface area contributed by atoms with Crippen LogP contribution in [0, 0.1) is 5.92 Å². The molecule has 2 N–H and O–H groups in total. The van der Waals surface area contributed by atoms with Crippen LogP contribution in [0.3, 0.4) is 0 Å². The van der Waals surface area contributed by atoms with Crippen LogP contribution in [0.25, 0.3) is 0 Å². The maximum Gasteiger partial charge on any atom is 0.317 e. The molecule has 2 unspecified atom stereocenters. The van der Waals surface area contributed by atoms with E-state index >= 15 is 0 Å². The molecule has 1 saturated heterocycles. The van der Waals surface area contributed by atoms with Gasteiger partial charge < -0.3 is 15.3 Å². The van der Waals surface area contributed by atoms with Crippen LogP contribution in [0.2, 0.25) is 0 Å². The van der Waals surface area contributed by atoms with E-state index in [0.717, 1.165) is 50.3 Å². The van der Waals surface area contributed by atoms with Crippen LogP contribution in [0.1, 0.15) is 32.1 Å². The Morgan fingerprint density at radius 2 is 1.89 bits per heavy atom. The Kier molecular flexibility index (Phi) is 5.36. The summed E-state index contributed by atoms with van der Waals surface area (Å²) in [5.41, 5.74) is 0. The van der Waals surface area contributed by atoms with Crippen molar-refractivity contribution in [3.05, 3.63) is 0 Å². The topological polar surface area (TPSA) is 69.6 Å². The third-order valence-electron chi connectivity index (χ3n) is 3.90. The number of amides is 2. The quantitative estimate of drug-likeness (QED) is 0.812. The SMILES string of the molecule is O=C(O)C1CCCCC1NC(=O)N1CCCSCC1. The molecule has 0 aromatic carbocycles. The van der Waals surface area contributed by atoms with Gasteiger partial charge in [-0.25, -0.2) is 4.79 Å². The average Bonchev–Trinajstić information content (AvgIpc) is 2.68. The van der Waals surface area contributed by atoms with Gasteiger partial charge in [0.2, 0.25) is 0 Å². The maximum absolute atomic E-state index is 12.2. The molecule has 19 heavy (non-hydrogen) atoms. The van der Waals surface area contributed by atoms with Gasteiger partial charge in [0.05, 0.1) is 5.92 Å². The van der Waals surface area contributed by atoms with Crippen LogP contribution < -0.4 is 5.32 Å². The summed E-state index contributed by atoms with van der Waals surface area (Å²) in [4.78, 5) is 25.2. The molecule has 0 spiro atoms. The first-order valence-corrected chi connectivity index (χ1v) is 8.20. The van der Waals surface area contributed by atoms with E-state index in [4.69, 9.17) is 0 Å². The fraction of sp³-hybridized carbons (Fsp3) is 0.846. The maximum atomic E-state index is 12.2. The molecule has 0 aromatic rings. The number of rotatable bonds is 2. The van der Waals surface area contributed by atoms with Crippen molar-refractivity contribution in [2.45, 2.75) is 38.1 Å². The number of urea groups is 1. The number of carbonyl (C=O) groups excluding carboxylic acids is 1. The molecule has 1 saturated carbocycles. The lowest BCUT2D eigenvalue weighted by molar-refractivity contribution is -0.143. The van der Waals surface area contributed by atoms with Crippen LogP contribution in [0.15, 0.2) is 0 Å². The Morgan fingerprint density at radius 3 is 2.68 bits per heavy atom. The van der Waals surface area contributed by atoms with Crippen molar-refractivity contribution in [3.8, 4) is 0 Å². The number of carboxylic acids is 1. The molecular weight excluding hydrogens is 264 g/mol. The van der Waals surface area contributed by atoms with Gasteiger partial charge >= 0.3 is 12.0 Å². The number of nitrogens with zero attached hydrogens (tertiary/aromatic N) is 1. The highest BCUT2D eigenvalue weighted by Gasteiger charge is 2.32. The first kappa shape index (κ1) is 14.5. The zero-order valence-corrected chi connectivity index (χ0v) is 12.0. The molecular formula is C13H22N2O3S. The number of thioether (sulfide) groups is 1. The summed E-state index contributed by atoms with van der Waals surface area (Å²) < 4.78 is 0. The minimum Gasteiger partial charge on any atom is -0.481 e. The van der Waals surface area contributed by atoms with E-state index < -0.39 is 11.9 Å². The largest absolute Gasteiger partial charge is 0.481 e. The van der Waals surface area contributed by atoms with Crippen LogP contribution in [0.5, 0.6) is 0 Å². The van der Waals surface area contributed by atoms with Gasteiger partial charge in [-0.3, -0.25) is 4.79 Å². The first-order valence-electron chi connectivity index (χ1n) is 7.04. The van der Waals surface area contributed by atoms with Crippen molar-refractivity contribution >= 4 is 23.8 Å². The Morgan fingerprint density at radius 1 is 1.11 bits per heavy atom. The molecule has 5 nitrogen and oxygen atoms in total. The third-order valence-corrected chi connectivity index (χ3v) is 4.95. The molecule has 108 valence electrons. The number of hydrogen-bond donors (Lipinski definition) is 2. The number of carboxylic acid groups (broad SMARTS) is 1. The normalized spacial score (nSPS) is 28.5. The molecule has 2 fully saturated rings. The summed E-state index contributed by atoms with van der Waals surface area (Å²) in [5.74, 6) is 0.876. The van der Waals surface area contributed by atoms with Gasteiger partial charge in [-0.2, -0.15) is 11.8 Å². The lowest BCUT2D eigenvalue weighted by Crippen LogP contribution is -2.50. The fourth-order valence-electron chi connectivity index (χ4n) is 2.80. The standard InChI is InChI=1S/C13H22N2O3S/c16-12(17)10-4-1-2-5-11(10)14-13(18)15-6-3-8-19-9-7-15/h10-11H,1-9H2,(H,14,18)(H,16,17). The highest BCUT2D eigenvalue weighted by Crippen LogP contribution is 2.25. The fourth-order valence-corrected chi connectivity index (χ4v) is 3.69. The van der Waals surface area contributed by atoms with Crippen molar-refractivity contribution in [1.82, 2.24) is 10.2 Å². The summed E-state index contributed by atoms with van der Waals surface area (Å²) in [6.45, 7) is 1.55. The molecule has 0 bridgehead atoms. The van der Waals surface area contributed by atoms with Crippen LogP contribution >= 0.6 is 11.8 Å². The predicted molar refractivity (Wildman–Crippen MR) is 75.4 cm³/mol. The van der Waals surface area contributed by atoms with Crippen molar-refractivity contribution in [2.75, 3.05) is 24.6 Å². The minimum absolute atomic E-state index is 0.0827. The first-order chi connectivity index (χ1) is 9.18. The Hall–Kier alpha value is -0.910. The van der Waals surface area contributed by atoms with Crippen molar-refractivity contribution < 1.29 is 14.7 Å². The molecule has 2 atom stereocenters. The van der Waals surface area contributed by atoms with E-state index in [1.807, 2.05) is 16.7 Å². The van der Waals surface area contributed by atoms with E-state index in [1.165, 1.54) is 0 Å².